The van der Waals surface area contributed by atoms with E-state index in [1.54, 1.807) is 12.3 Å². The van der Waals surface area contributed by atoms with E-state index >= 15 is 0 Å². The quantitative estimate of drug-likeness (QED) is 0.171. The smallest absolute Gasteiger partial charge is 0.307 e. The first-order valence-electron chi connectivity index (χ1n) is 9.29. The summed E-state index contributed by atoms with van der Waals surface area (Å²) in [6, 6.07) is 14.2. The summed E-state index contributed by atoms with van der Waals surface area (Å²) in [7, 11) is 0. The molecule has 2 heterocycles. The lowest BCUT2D eigenvalue weighted by Crippen LogP contribution is -2.16. The van der Waals surface area contributed by atoms with Crippen LogP contribution in [0.4, 0.5) is 0 Å². The maximum atomic E-state index is 12.5. The van der Waals surface area contributed by atoms with Gasteiger partial charge in [0.15, 0.2) is 5.76 Å². The summed E-state index contributed by atoms with van der Waals surface area (Å²) in [4.78, 5) is 12.5. The van der Waals surface area contributed by atoms with Crippen LogP contribution >= 0.6 is 38.5 Å². The monoisotopic (exact) mass is 563 g/mol. The molecule has 1 N–H and O–H groups in total. The third kappa shape index (κ3) is 3.98. The highest BCUT2D eigenvalue weighted by Crippen LogP contribution is 2.28. The summed E-state index contributed by atoms with van der Waals surface area (Å²) in [5.41, 5.74) is 5.39. The normalized spacial score (nSPS) is 12.8. The van der Waals surface area contributed by atoms with Gasteiger partial charge in [0.25, 0.3) is 0 Å². The van der Waals surface area contributed by atoms with E-state index in [9.17, 15) is 4.79 Å². The number of nitrogens with one attached hydrogen (secondary N) is 1. The van der Waals surface area contributed by atoms with Crippen LogP contribution in [0, 0.1) is 3.57 Å². The number of para-hydroxylation sites is 1. The first-order chi connectivity index (χ1) is 14.0. The number of hydrogen-bond donors (Lipinski definition) is 1. The van der Waals surface area contributed by atoms with Crippen LogP contribution in [-0.4, -0.2) is 16.7 Å². The van der Waals surface area contributed by atoms with Gasteiger partial charge in [-0.1, -0.05) is 41.1 Å². The van der Waals surface area contributed by atoms with Gasteiger partial charge < -0.3 is 8.98 Å². The van der Waals surface area contributed by atoms with Gasteiger partial charge in [0, 0.05) is 38.6 Å². The second kappa shape index (κ2) is 8.31. The van der Waals surface area contributed by atoms with Gasteiger partial charge in [-0.25, -0.2) is 5.43 Å². The van der Waals surface area contributed by atoms with Crippen molar-refractivity contribution in [3.63, 3.8) is 0 Å². The predicted molar refractivity (Wildman–Crippen MR) is 129 cm³/mol. The highest BCUT2D eigenvalue weighted by atomic mass is 127. The van der Waals surface area contributed by atoms with Gasteiger partial charge in [0.05, 0.1) is 9.78 Å². The number of nitrogens with zero attached hydrogens (tertiary/aromatic N) is 2. The number of fused-ring (bicyclic) bond motifs is 2. The van der Waals surface area contributed by atoms with Crippen LogP contribution in [0.25, 0.3) is 21.9 Å². The Bertz CT molecular complexity index is 1240. The molecule has 29 heavy (non-hydrogen) atoms. The average Bonchev–Trinajstić information content (AvgIpc) is 3.30. The second-order valence-corrected chi connectivity index (χ2v) is 8.96. The highest BCUT2D eigenvalue weighted by Gasteiger charge is 2.15. The summed E-state index contributed by atoms with van der Waals surface area (Å²) >= 11 is 5.65. The standard InChI is InChI=1S/C22H19BrIN3O2/c1-3-13(2)27-12-15(17-6-4-5-7-19(17)27)11-25-26-22(28)20-9-14-8-16(23)10-18(24)21(14)29-20/h4-13H,3H2,1-2H3,(H,26,28)/b25-11-/t13-/m1/s1. The molecule has 148 valence electrons. The van der Waals surface area contributed by atoms with Crippen LogP contribution in [0.3, 0.4) is 0 Å². The number of carbonyl (C=O) groups is 1. The first kappa shape index (κ1) is 20.2. The van der Waals surface area contributed by atoms with Crippen LogP contribution in [-0.2, 0) is 0 Å². The largest absolute Gasteiger partial charge is 0.450 e. The summed E-state index contributed by atoms with van der Waals surface area (Å²) in [5.74, 6) is -0.148. The van der Waals surface area contributed by atoms with E-state index in [0.717, 1.165) is 36.3 Å². The lowest BCUT2D eigenvalue weighted by atomic mass is 10.2. The van der Waals surface area contributed by atoms with Crippen molar-refractivity contribution in [3.05, 3.63) is 68.0 Å². The van der Waals surface area contributed by atoms with E-state index in [1.165, 1.54) is 0 Å². The van der Waals surface area contributed by atoms with E-state index < -0.39 is 0 Å². The Hall–Kier alpha value is -2.13. The van der Waals surface area contributed by atoms with E-state index in [-0.39, 0.29) is 11.7 Å². The third-order valence-corrected chi connectivity index (χ3v) is 6.23. The number of aromatic nitrogens is 1. The number of hydrogen-bond acceptors (Lipinski definition) is 3. The molecule has 7 heteroatoms. The molecule has 0 spiro atoms. The number of halogens is 2. The number of carbonyl (C=O) groups excluding carboxylic acids is 1. The van der Waals surface area contributed by atoms with Gasteiger partial charge in [-0.3, -0.25) is 4.79 Å². The van der Waals surface area contributed by atoms with Gasteiger partial charge in [-0.05, 0) is 60.2 Å². The molecule has 0 radical (unpaired) electrons. The number of rotatable bonds is 5. The molecule has 0 aliphatic heterocycles. The maximum Gasteiger partial charge on any atom is 0.307 e. The van der Waals surface area contributed by atoms with E-state index in [0.29, 0.717) is 11.6 Å². The lowest BCUT2D eigenvalue weighted by Gasteiger charge is -2.12. The van der Waals surface area contributed by atoms with Crippen molar-refractivity contribution in [1.82, 2.24) is 9.99 Å². The Morgan fingerprint density at radius 3 is 2.93 bits per heavy atom. The van der Waals surface area contributed by atoms with Crippen molar-refractivity contribution in [1.29, 1.82) is 0 Å². The van der Waals surface area contributed by atoms with Crippen LogP contribution in [0.1, 0.15) is 42.4 Å². The molecule has 0 saturated heterocycles. The van der Waals surface area contributed by atoms with Gasteiger partial charge in [0.2, 0.25) is 0 Å². The molecule has 0 fully saturated rings. The summed E-state index contributed by atoms with van der Waals surface area (Å²) in [5, 5.41) is 6.14. The van der Waals surface area contributed by atoms with Gasteiger partial charge in [-0.2, -0.15) is 5.10 Å². The molecule has 2 aromatic carbocycles. The Labute approximate surface area is 190 Å². The SMILES string of the molecule is CC[C@@H](C)n1cc(/C=N\NC(=O)c2cc3cc(Br)cc(I)c3o2)c2ccccc21. The van der Waals surface area contributed by atoms with Crippen LogP contribution in [0.2, 0.25) is 0 Å². The van der Waals surface area contributed by atoms with Crippen molar-refractivity contribution in [2.75, 3.05) is 0 Å². The summed E-state index contributed by atoms with van der Waals surface area (Å²) in [6.45, 7) is 4.36. The molecule has 4 rings (SSSR count). The number of amides is 1. The zero-order chi connectivity index (χ0) is 20.5. The molecule has 0 saturated carbocycles. The van der Waals surface area contributed by atoms with Crippen molar-refractivity contribution in [2.45, 2.75) is 26.3 Å². The zero-order valence-corrected chi connectivity index (χ0v) is 19.7. The fourth-order valence-electron chi connectivity index (χ4n) is 3.30. The Morgan fingerprint density at radius 1 is 1.34 bits per heavy atom. The minimum absolute atomic E-state index is 0.232. The molecule has 0 unspecified atom stereocenters. The van der Waals surface area contributed by atoms with Crippen molar-refractivity contribution < 1.29 is 9.21 Å². The van der Waals surface area contributed by atoms with Crippen LogP contribution < -0.4 is 5.43 Å². The fourth-order valence-corrected chi connectivity index (χ4v) is 4.96. The molecule has 4 aromatic rings. The molecule has 1 atom stereocenters. The number of furan rings is 1. The number of benzene rings is 2. The molecule has 1 amide bonds. The second-order valence-electron chi connectivity index (χ2n) is 6.88. The molecular weight excluding hydrogens is 545 g/mol. The predicted octanol–water partition coefficient (Wildman–Crippen LogP) is 6.49. The molecule has 0 aliphatic carbocycles. The molecule has 5 nitrogen and oxygen atoms in total. The van der Waals surface area contributed by atoms with E-state index in [2.05, 4.69) is 85.8 Å². The Balaban J connectivity index is 1.58. The number of hydrazone groups is 1. The fraction of sp³-hybridized carbons (Fsp3) is 0.182. The summed E-state index contributed by atoms with van der Waals surface area (Å²) < 4.78 is 9.85. The summed E-state index contributed by atoms with van der Waals surface area (Å²) in [6.07, 6.45) is 4.80. The first-order valence-corrected chi connectivity index (χ1v) is 11.2. The van der Waals surface area contributed by atoms with Crippen molar-refractivity contribution >= 4 is 72.5 Å². The molecule has 2 aromatic heterocycles. The molecular formula is C22H19BrIN3O2. The Morgan fingerprint density at radius 2 is 2.14 bits per heavy atom. The van der Waals surface area contributed by atoms with Crippen LogP contribution in [0.5, 0.6) is 0 Å². The molecule has 0 aliphatic rings. The average molecular weight is 564 g/mol. The lowest BCUT2D eigenvalue weighted by molar-refractivity contribution is 0.0929. The van der Waals surface area contributed by atoms with E-state index in [4.69, 9.17) is 4.42 Å². The third-order valence-electron chi connectivity index (χ3n) is 4.97. The van der Waals surface area contributed by atoms with Crippen molar-refractivity contribution in [2.24, 2.45) is 5.10 Å². The van der Waals surface area contributed by atoms with Crippen LogP contribution in [0.15, 0.2) is 62.7 Å². The highest BCUT2D eigenvalue weighted by molar-refractivity contribution is 14.1. The van der Waals surface area contributed by atoms with Gasteiger partial charge in [-0.15, -0.1) is 0 Å². The topological polar surface area (TPSA) is 59.5 Å². The van der Waals surface area contributed by atoms with E-state index in [1.807, 2.05) is 24.3 Å². The minimum atomic E-state index is -0.380. The maximum absolute atomic E-state index is 12.5. The van der Waals surface area contributed by atoms with Gasteiger partial charge in [0.1, 0.15) is 5.58 Å². The Kier molecular flexibility index (Phi) is 5.78. The van der Waals surface area contributed by atoms with Gasteiger partial charge >= 0.3 is 5.91 Å². The van der Waals surface area contributed by atoms with Crippen molar-refractivity contribution in [3.8, 4) is 0 Å². The zero-order valence-electron chi connectivity index (χ0n) is 15.9. The molecule has 0 bridgehead atoms. The minimum Gasteiger partial charge on any atom is -0.450 e.